The Morgan fingerprint density at radius 3 is 1.68 bits per heavy atom. The van der Waals surface area contributed by atoms with Gasteiger partial charge in [-0.2, -0.15) is 0 Å². The van der Waals surface area contributed by atoms with Crippen LogP contribution < -0.4 is 5.32 Å². The average Bonchev–Trinajstić information content (AvgIpc) is 3.59. The molecule has 3 unspecified atom stereocenters. The first kappa shape index (κ1) is 50.2. The van der Waals surface area contributed by atoms with Crippen LogP contribution in [0.25, 0.3) is 5.69 Å². The number of anilines is 1. The van der Waals surface area contributed by atoms with Crippen LogP contribution in [0.3, 0.4) is 0 Å². The number of pyridine rings is 1. The lowest BCUT2D eigenvalue weighted by atomic mass is 9.94. The lowest BCUT2D eigenvalue weighted by molar-refractivity contribution is -0.128. The van der Waals surface area contributed by atoms with Gasteiger partial charge in [0, 0.05) is 25.5 Å². The summed E-state index contributed by atoms with van der Waals surface area (Å²) < 4.78 is 32.1. The zero-order valence-corrected chi connectivity index (χ0v) is 44.4. The van der Waals surface area contributed by atoms with Gasteiger partial charge in [-0.25, -0.2) is 9.97 Å². The fraction of sp³-hybridized carbons (Fsp3) is 0.818. The lowest BCUT2D eigenvalue weighted by Gasteiger charge is -2.56. The van der Waals surface area contributed by atoms with E-state index in [0.717, 1.165) is 56.8 Å². The van der Waals surface area contributed by atoms with E-state index < -0.39 is 33.3 Å². The first-order valence-electron chi connectivity index (χ1n) is 21.9. The number of hydrogen-bond donors (Lipinski definition) is 1. The van der Waals surface area contributed by atoms with Gasteiger partial charge in [0.15, 0.2) is 33.3 Å². The predicted molar refractivity (Wildman–Crippen MR) is 253 cm³/mol. The molecule has 0 aromatic carbocycles. The Hall–Kier alpha value is -1.17. The minimum atomic E-state index is -2.26. The molecule has 0 aliphatic carbocycles. The number of hydrogen-bond acceptors (Lipinski definition) is 8. The maximum Gasteiger partial charge on any atom is 0.192 e. The lowest BCUT2D eigenvalue weighted by Crippen LogP contribution is -2.70. The van der Waals surface area contributed by atoms with E-state index in [-0.39, 0.29) is 44.5 Å². The number of rotatable bonds is 18. The summed E-state index contributed by atoms with van der Waals surface area (Å²) in [6, 6.07) is 4.19. The molecule has 2 aromatic heterocycles. The van der Waals surface area contributed by atoms with Gasteiger partial charge in [0.05, 0.1) is 49.2 Å². The van der Waals surface area contributed by atoms with Gasteiger partial charge in [-0.15, -0.1) is 0 Å². The van der Waals surface area contributed by atoms with Gasteiger partial charge >= 0.3 is 0 Å². The van der Waals surface area contributed by atoms with Crippen LogP contribution in [0, 0.1) is 0 Å². The van der Waals surface area contributed by atoms with E-state index in [1.54, 1.807) is 12.5 Å². The zero-order chi connectivity index (χ0) is 43.5. The highest BCUT2D eigenvalue weighted by Crippen LogP contribution is 2.46. The third-order valence-electron chi connectivity index (χ3n) is 14.3. The molecule has 1 aliphatic heterocycles. The van der Waals surface area contributed by atoms with Crippen molar-refractivity contribution in [2.75, 3.05) is 31.6 Å². The summed E-state index contributed by atoms with van der Waals surface area (Å²) in [6.45, 7) is 50.7. The zero-order valence-electron chi connectivity index (χ0n) is 40.4. The molecule has 1 fully saturated rings. The SMILES string of the molecule is CC(C)(C)[Si](C)(C)OC[C@@H]1C(O[Si](C)(C)C(C)(C)C)C(O[Si](C)(C)C(C)(C)C)C(O[Si](C)(C)C(C)(C)C)CN1CCCCCCNc1ccc(-n2ccnc2)cn1. The first-order valence-corrected chi connectivity index (χ1v) is 33.5. The van der Waals surface area contributed by atoms with Gasteiger partial charge in [-0.1, -0.05) is 95.9 Å². The second kappa shape index (κ2) is 18.8. The smallest absolute Gasteiger partial charge is 0.192 e. The molecule has 328 valence electrons. The van der Waals surface area contributed by atoms with Crippen LogP contribution in [0.15, 0.2) is 37.1 Å². The summed E-state index contributed by atoms with van der Waals surface area (Å²) in [5, 5.41) is 3.80. The first-order chi connectivity index (χ1) is 25.8. The molecule has 9 nitrogen and oxygen atoms in total. The van der Waals surface area contributed by atoms with Gasteiger partial charge in [0.1, 0.15) is 5.82 Å². The summed E-state index contributed by atoms with van der Waals surface area (Å²) in [5.74, 6) is 0.909. The summed E-state index contributed by atoms with van der Waals surface area (Å²) in [4.78, 5) is 11.5. The molecule has 0 saturated carbocycles. The fourth-order valence-corrected chi connectivity index (χ4v) is 11.1. The quantitative estimate of drug-likeness (QED) is 0.117. The highest BCUT2D eigenvalue weighted by atomic mass is 28.4. The van der Waals surface area contributed by atoms with Crippen molar-refractivity contribution in [2.24, 2.45) is 0 Å². The van der Waals surface area contributed by atoms with Crippen LogP contribution in [0.4, 0.5) is 5.82 Å². The van der Waals surface area contributed by atoms with Crippen LogP contribution in [0.1, 0.15) is 109 Å². The van der Waals surface area contributed by atoms with Gasteiger partial charge in [0.25, 0.3) is 0 Å². The molecular weight excluding hydrogens is 775 g/mol. The van der Waals surface area contributed by atoms with E-state index in [0.29, 0.717) is 6.61 Å². The normalized spacial score (nSPS) is 21.3. The standard InChI is InChI=1S/C44H87N5O4Si4/c1-41(2,3)54(13,14)50-33-36-39(52-56(17,18)43(7,8)9)40(53-57(19,20)44(10,11)12)37(51-55(15,16)42(4,5)6)32-48(36)29-24-22-21-23-27-46-38-26-25-35(31-47-38)49-30-28-45-34-49/h25-26,28,30-31,34,36-37,39-40H,21-24,27,29,32-33H2,1-20H3,(H,46,47)/t36-,37?,39?,40?/m1/s1. The number of imidazole rings is 1. The predicted octanol–water partition coefficient (Wildman–Crippen LogP) is 12.1. The van der Waals surface area contributed by atoms with Crippen molar-refractivity contribution >= 4 is 39.1 Å². The van der Waals surface area contributed by atoms with Crippen molar-refractivity contribution in [1.29, 1.82) is 0 Å². The molecule has 0 bridgehead atoms. The summed E-state index contributed by atoms with van der Waals surface area (Å²) in [6.07, 6.45) is 11.5. The largest absolute Gasteiger partial charge is 0.415 e. The third-order valence-corrected chi connectivity index (χ3v) is 32.3. The molecule has 0 radical (unpaired) electrons. The number of likely N-dealkylation sites (tertiary alicyclic amines) is 1. The van der Waals surface area contributed by atoms with E-state index in [9.17, 15) is 0 Å². The minimum absolute atomic E-state index is 0.0447. The highest BCUT2D eigenvalue weighted by molar-refractivity contribution is 6.75. The molecule has 1 aliphatic rings. The fourth-order valence-electron chi connectivity index (χ4n) is 6.12. The second-order valence-electron chi connectivity index (χ2n) is 22.9. The summed E-state index contributed by atoms with van der Waals surface area (Å²) >= 11 is 0. The Morgan fingerprint density at radius 1 is 0.667 bits per heavy atom. The van der Waals surface area contributed by atoms with Crippen LogP contribution in [-0.4, -0.2) is 103 Å². The number of nitrogens with zero attached hydrogens (tertiary/aromatic N) is 4. The molecule has 2 aromatic rings. The van der Waals surface area contributed by atoms with Crippen molar-refractivity contribution in [3.05, 3.63) is 37.1 Å². The number of nitrogens with one attached hydrogen (secondary N) is 1. The molecule has 0 amide bonds. The van der Waals surface area contributed by atoms with Crippen molar-refractivity contribution < 1.29 is 17.7 Å². The van der Waals surface area contributed by atoms with Gasteiger partial charge in [-0.05, 0) is 104 Å². The van der Waals surface area contributed by atoms with Gasteiger partial charge in [-0.3, -0.25) is 4.90 Å². The number of unbranched alkanes of at least 4 members (excludes halogenated alkanes) is 3. The van der Waals surface area contributed by atoms with Crippen LogP contribution >= 0.6 is 0 Å². The maximum atomic E-state index is 7.71. The summed E-state index contributed by atoms with van der Waals surface area (Å²) in [7, 11) is -8.74. The number of piperidine rings is 1. The van der Waals surface area contributed by atoms with Crippen molar-refractivity contribution in [3.63, 3.8) is 0 Å². The van der Waals surface area contributed by atoms with Gasteiger partial charge < -0.3 is 27.6 Å². The van der Waals surface area contributed by atoms with E-state index in [1.807, 2.05) is 23.0 Å². The molecule has 1 saturated heterocycles. The number of aromatic nitrogens is 3. The Bertz CT molecular complexity index is 1510. The Balaban J connectivity index is 1.93. The Kier molecular flexibility index (Phi) is 16.6. The van der Waals surface area contributed by atoms with Crippen LogP contribution in [0.5, 0.6) is 0 Å². The Labute approximate surface area is 354 Å². The monoisotopic (exact) mass is 862 g/mol. The highest BCUT2D eigenvalue weighted by Gasteiger charge is 2.55. The molecule has 0 spiro atoms. The maximum absolute atomic E-state index is 7.71. The van der Waals surface area contributed by atoms with E-state index in [1.165, 1.54) is 0 Å². The molecule has 3 rings (SSSR count). The van der Waals surface area contributed by atoms with Crippen molar-refractivity contribution in [1.82, 2.24) is 19.4 Å². The molecule has 3 heterocycles. The van der Waals surface area contributed by atoms with E-state index in [2.05, 4.69) is 162 Å². The van der Waals surface area contributed by atoms with Crippen LogP contribution in [0.2, 0.25) is 72.5 Å². The third kappa shape index (κ3) is 13.4. The van der Waals surface area contributed by atoms with Crippen molar-refractivity contribution in [2.45, 2.75) is 206 Å². The minimum Gasteiger partial charge on any atom is -0.415 e. The van der Waals surface area contributed by atoms with Crippen LogP contribution in [-0.2, 0) is 17.7 Å². The van der Waals surface area contributed by atoms with Crippen molar-refractivity contribution in [3.8, 4) is 5.69 Å². The molecular formula is C44H87N5O4Si4. The van der Waals surface area contributed by atoms with Gasteiger partial charge in [0.2, 0.25) is 0 Å². The molecule has 13 heteroatoms. The molecule has 57 heavy (non-hydrogen) atoms. The second-order valence-corrected chi connectivity index (χ2v) is 42.0. The topological polar surface area (TPSA) is 82.9 Å². The Morgan fingerprint density at radius 2 is 1.19 bits per heavy atom. The molecule has 4 atom stereocenters. The van der Waals surface area contributed by atoms with E-state index >= 15 is 0 Å². The molecule has 1 N–H and O–H groups in total. The summed E-state index contributed by atoms with van der Waals surface area (Å²) in [5.41, 5.74) is 1.01. The average molecular weight is 863 g/mol. The van der Waals surface area contributed by atoms with E-state index in [4.69, 9.17) is 17.7 Å².